The van der Waals surface area contributed by atoms with Gasteiger partial charge in [-0.15, -0.1) is 10.2 Å². The fraction of sp³-hybridized carbons (Fsp3) is 0.115. The van der Waals surface area contributed by atoms with Crippen molar-refractivity contribution in [3.63, 3.8) is 0 Å². The zero-order valence-corrected chi connectivity index (χ0v) is 20.4. The molecule has 0 saturated carbocycles. The highest BCUT2D eigenvalue weighted by atomic mass is 35.5. The molecule has 0 amide bonds. The number of rotatable bonds is 5. The molecule has 0 radical (unpaired) electrons. The molecule has 6 nitrogen and oxygen atoms in total. The smallest absolute Gasteiger partial charge is 0.265 e. The molecule has 3 aromatic heterocycles. The minimum absolute atomic E-state index is 0.131. The van der Waals surface area contributed by atoms with Crippen LogP contribution < -0.4 is 5.56 Å². The van der Waals surface area contributed by atoms with Crippen molar-refractivity contribution in [3.8, 4) is 22.3 Å². The van der Waals surface area contributed by atoms with Gasteiger partial charge in [0.15, 0.2) is 5.65 Å². The molecule has 3 heterocycles. The van der Waals surface area contributed by atoms with Crippen LogP contribution in [0.1, 0.15) is 17.0 Å². The van der Waals surface area contributed by atoms with Crippen LogP contribution >= 0.6 is 23.2 Å². The number of fused-ring (bicyclic) bond motifs is 1. The van der Waals surface area contributed by atoms with Crippen LogP contribution in [0.25, 0.3) is 27.9 Å². The number of benzene rings is 2. The SMILES string of the molecule is O=c1c(CCc2ccc(C(F)(F)F)nc2)nnc2c(-c3ccc(Cl)cc3)c(-c3ccc(Cl)cc3)cnn12. The Morgan fingerprint density at radius 1 is 0.784 bits per heavy atom. The summed E-state index contributed by atoms with van der Waals surface area (Å²) >= 11 is 12.1. The molecule has 0 fully saturated rings. The summed E-state index contributed by atoms with van der Waals surface area (Å²) in [4.78, 5) is 16.7. The number of halogens is 5. The Labute approximate surface area is 218 Å². The lowest BCUT2D eigenvalue weighted by molar-refractivity contribution is -0.141. The maximum atomic E-state index is 13.3. The molecule has 11 heteroatoms. The van der Waals surface area contributed by atoms with Crippen molar-refractivity contribution in [3.05, 3.63) is 110 Å². The van der Waals surface area contributed by atoms with Gasteiger partial charge in [-0.1, -0.05) is 53.5 Å². The van der Waals surface area contributed by atoms with E-state index in [4.69, 9.17) is 23.2 Å². The molecule has 2 aromatic carbocycles. The first kappa shape index (κ1) is 24.9. The highest BCUT2D eigenvalue weighted by Gasteiger charge is 2.32. The van der Waals surface area contributed by atoms with Gasteiger partial charge in [0.1, 0.15) is 11.4 Å². The zero-order chi connectivity index (χ0) is 26.2. The van der Waals surface area contributed by atoms with Crippen LogP contribution in [0.15, 0.2) is 77.9 Å². The van der Waals surface area contributed by atoms with Gasteiger partial charge in [0.2, 0.25) is 0 Å². The maximum absolute atomic E-state index is 13.3. The van der Waals surface area contributed by atoms with E-state index in [1.165, 1.54) is 10.6 Å². The Kier molecular flexibility index (Phi) is 6.66. The summed E-state index contributed by atoms with van der Waals surface area (Å²) in [6, 6.07) is 16.5. The lowest BCUT2D eigenvalue weighted by Gasteiger charge is -2.13. The first-order valence-electron chi connectivity index (χ1n) is 11.0. The van der Waals surface area contributed by atoms with E-state index < -0.39 is 17.4 Å². The number of alkyl halides is 3. The average molecular weight is 542 g/mol. The van der Waals surface area contributed by atoms with Gasteiger partial charge < -0.3 is 0 Å². The van der Waals surface area contributed by atoms with E-state index >= 15 is 0 Å². The van der Waals surface area contributed by atoms with E-state index in [9.17, 15) is 18.0 Å². The summed E-state index contributed by atoms with van der Waals surface area (Å²) in [6.45, 7) is 0. The summed E-state index contributed by atoms with van der Waals surface area (Å²) in [6.07, 6.45) is -1.39. The third-order valence-corrected chi connectivity index (χ3v) is 6.26. The Hall–Kier alpha value is -3.82. The molecule has 0 aliphatic rings. The fourth-order valence-corrected chi connectivity index (χ4v) is 4.14. The van der Waals surface area contributed by atoms with Gasteiger partial charge >= 0.3 is 6.18 Å². The Morgan fingerprint density at radius 3 is 2.03 bits per heavy atom. The van der Waals surface area contributed by atoms with E-state index in [0.717, 1.165) is 29.0 Å². The minimum atomic E-state index is -4.51. The Morgan fingerprint density at radius 2 is 1.43 bits per heavy atom. The van der Waals surface area contributed by atoms with Gasteiger partial charge in [0.05, 0.1) is 6.20 Å². The molecule has 0 unspecified atom stereocenters. The van der Waals surface area contributed by atoms with Crippen molar-refractivity contribution in [2.75, 3.05) is 0 Å². The molecule has 0 bridgehead atoms. The lowest BCUT2D eigenvalue weighted by Crippen LogP contribution is -2.25. The number of nitrogens with zero attached hydrogens (tertiary/aromatic N) is 5. The van der Waals surface area contributed by atoms with Crippen LogP contribution in [-0.4, -0.2) is 24.8 Å². The lowest BCUT2D eigenvalue weighted by atomic mass is 9.97. The molecule has 186 valence electrons. The summed E-state index contributed by atoms with van der Waals surface area (Å²) < 4.78 is 39.4. The van der Waals surface area contributed by atoms with Crippen molar-refractivity contribution >= 4 is 28.8 Å². The van der Waals surface area contributed by atoms with Crippen LogP contribution in [0.3, 0.4) is 0 Å². The predicted octanol–water partition coefficient (Wildman–Crippen LogP) is 6.32. The summed E-state index contributed by atoms with van der Waals surface area (Å²) in [7, 11) is 0. The standard InChI is InChI=1S/C26H16Cl2F3N5O/c27-18-7-3-16(4-8-18)20-14-33-36-24(23(20)17-5-9-19(28)10-6-17)35-34-21(25(36)37)11-1-15-2-12-22(32-13-15)26(29,30)31/h2-10,12-14H,1,11H2. The number of hydrogen-bond donors (Lipinski definition) is 0. The quantitative estimate of drug-likeness (QED) is 0.260. The van der Waals surface area contributed by atoms with Crippen LogP contribution in [0.4, 0.5) is 13.2 Å². The number of aryl methyl sites for hydroxylation is 2. The molecule has 0 saturated heterocycles. The van der Waals surface area contributed by atoms with Crippen LogP contribution in [0, 0.1) is 0 Å². The van der Waals surface area contributed by atoms with Crippen molar-refractivity contribution in [1.29, 1.82) is 0 Å². The Balaban J connectivity index is 1.55. The van der Waals surface area contributed by atoms with Crippen LogP contribution in [-0.2, 0) is 19.0 Å². The number of pyridine rings is 1. The van der Waals surface area contributed by atoms with Gasteiger partial charge in [-0.2, -0.15) is 22.8 Å². The summed E-state index contributed by atoms with van der Waals surface area (Å²) in [5.74, 6) is 0. The summed E-state index contributed by atoms with van der Waals surface area (Å²) in [5.41, 5.74) is 2.40. The first-order valence-corrected chi connectivity index (χ1v) is 11.8. The van der Waals surface area contributed by atoms with Gasteiger partial charge in [0.25, 0.3) is 5.56 Å². The van der Waals surface area contributed by atoms with E-state index in [0.29, 0.717) is 21.2 Å². The summed E-state index contributed by atoms with van der Waals surface area (Å²) in [5, 5.41) is 14.0. The van der Waals surface area contributed by atoms with Crippen molar-refractivity contribution in [1.82, 2.24) is 24.8 Å². The van der Waals surface area contributed by atoms with E-state index in [2.05, 4.69) is 20.3 Å². The largest absolute Gasteiger partial charge is 0.433 e. The molecule has 0 atom stereocenters. The second-order valence-electron chi connectivity index (χ2n) is 8.18. The topological polar surface area (TPSA) is 73.0 Å². The van der Waals surface area contributed by atoms with Crippen LogP contribution in [0.2, 0.25) is 10.0 Å². The third kappa shape index (κ3) is 5.19. The second-order valence-corrected chi connectivity index (χ2v) is 9.06. The van der Waals surface area contributed by atoms with Gasteiger partial charge in [-0.3, -0.25) is 9.78 Å². The molecule has 0 aliphatic heterocycles. The number of aromatic nitrogens is 5. The molecular weight excluding hydrogens is 526 g/mol. The monoisotopic (exact) mass is 541 g/mol. The van der Waals surface area contributed by atoms with Crippen molar-refractivity contribution in [2.45, 2.75) is 19.0 Å². The number of hydrogen-bond acceptors (Lipinski definition) is 5. The molecule has 5 aromatic rings. The first-order chi connectivity index (χ1) is 17.7. The molecular formula is C26H16Cl2F3N5O. The molecule has 5 rings (SSSR count). The maximum Gasteiger partial charge on any atom is 0.433 e. The van der Waals surface area contributed by atoms with Crippen molar-refractivity contribution < 1.29 is 13.2 Å². The minimum Gasteiger partial charge on any atom is -0.265 e. The third-order valence-electron chi connectivity index (χ3n) is 5.75. The van der Waals surface area contributed by atoms with E-state index in [1.54, 1.807) is 30.5 Å². The van der Waals surface area contributed by atoms with Gasteiger partial charge in [-0.25, -0.2) is 0 Å². The molecule has 0 aliphatic carbocycles. The average Bonchev–Trinajstić information content (AvgIpc) is 2.88. The van der Waals surface area contributed by atoms with E-state index in [-0.39, 0.29) is 24.2 Å². The predicted molar refractivity (Wildman–Crippen MR) is 135 cm³/mol. The molecule has 0 N–H and O–H groups in total. The normalized spacial score (nSPS) is 11.7. The van der Waals surface area contributed by atoms with Gasteiger partial charge in [-0.05, 0) is 53.4 Å². The van der Waals surface area contributed by atoms with Crippen LogP contribution in [0.5, 0.6) is 0 Å². The molecule has 0 spiro atoms. The second kappa shape index (κ2) is 9.91. The Bertz CT molecular complexity index is 1640. The van der Waals surface area contributed by atoms with Gasteiger partial charge in [0, 0.05) is 33.8 Å². The highest BCUT2D eigenvalue weighted by Crippen LogP contribution is 2.35. The van der Waals surface area contributed by atoms with E-state index in [1.807, 2.05) is 24.3 Å². The fourth-order valence-electron chi connectivity index (χ4n) is 3.88. The molecule has 37 heavy (non-hydrogen) atoms. The van der Waals surface area contributed by atoms with Crippen molar-refractivity contribution in [2.24, 2.45) is 0 Å². The zero-order valence-electron chi connectivity index (χ0n) is 18.9. The highest BCUT2D eigenvalue weighted by molar-refractivity contribution is 6.31.